The molecule has 2 aromatic rings. The monoisotopic (exact) mass is 272 g/mol. The number of benzene rings is 1. The van der Waals surface area contributed by atoms with Gasteiger partial charge >= 0.3 is 0 Å². The number of nitrogens with zero attached hydrogens (tertiary/aromatic N) is 1. The number of anilines is 1. The average molecular weight is 273 g/mol. The Hall–Kier alpha value is -1.54. The lowest BCUT2D eigenvalue weighted by molar-refractivity contribution is 0.677. The summed E-state index contributed by atoms with van der Waals surface area (Å²) in [5, 5.41) is 4.18. The molecule has 0 bridgehead atoms. The molecule has 1 fully saturated rings. The van der Waals surface area contributed by atoms with Crippen LogP contribution in [0.15, 0.2) is 42.5 Å². The zero-order valence-corrected chi connectivity index (χ0v) is 11.7. The summed E-state index contributed by atoms with van der Waals surface area (Å²) in [5.41, 5.74) is 3.37. The van der Waals surface area contributed by atoms with Crippen LogP contribution in [0.5, 0.6) is 0 Å². The highest BCUT2D eigenvalue weighted by atomic mass is 35.5. The predicted molar refractivity (Wildman–Crippen MR) is 79.5 cm³/mol. The third-order valence-corrected chi connectivity index (χ3v) is 3.83. The second-order valence-electron chi connectivity index (χ2n) is 5.14. The molecule has 1 unspecified atom stereocenters. The number of nitrogens with one attached hydrogen (secondary N) is 1. The number of pyridine rings is 1. The van der Waals surface area contributed by atoms with Gasteiger partial charge in [-0.05, 0) is 43.4 Å². The molecule has 0 aliphatic heterocycles. The summed E-state index contributed by atoms with van der Waals surface area (Å²) in [6.07, 6.45) is 2.60. The van der Waals surface area contributed by atoms with E-state index in [1.54, 1.807) is 0 Å². The molecule has 1 heterocycles. The van der Waals surface area contributed by atoms with Crippen LogP contribution in [0, 0.1) is 12.8 Å². The third kappa shape index (κ3) is 2.90. The fraction of sp³-hybridized carbons (Fsp3) is 0.312. The number of rotatable bonds is 4. The van der Waals surface area contributed by atoms with Crippen molar-refractivity contribution in [2.45, 2.75) is 25.8 Å². The van der Waals surface area contributed by atoms with Crippen LogP contribution in [0.25, 0.3) is 0 Å². The third-order valence-electron chi connectivity index (χ3n) is 3.61. The van der Waals surface area contributed by atoms with Gasteiger partial charge in [0.1, 0.15) is 5.15 Å². The highest BCUT2D eigenvalue weighted by Gasteiger charge is 2.32. The lowest BCUT2D eigenvalue weighted by Gasteiger charge is -2.21. The first kappa shape index (κ1) is 12.5. The molecule has 1 aliphatic carbocycles. The average Bonchev–Trinajstić information content (AvgIpc) is 3.23. The minimum Gasteiger partial charge on any atom is -0.376 e. The number of halogens is 1. The molecular formula is C16H17ClN2. The Morgan fingerprint density at radius 2 is 1.89 bits per heavy atom. The fourth-order valence-electron chi connectivity index (χ4n) is 2.41. The van der Waals surface area contributed by atoms with Gasteiger partial charge < -0.3 is 5.32 Å². The van der Waals surface area contributed by atoms with Gasteiger partial charge in [-0.25, -0.2) is 4.98 Å². The maximum absolute atomic E-state index is 5.91. The van der Waals surface area contributed by atoms with E-state index in [9.17, 15) is 0 Å². The van der Waals surface area contributed by atoms with Crippen molar-refractivity contribution >= 4 is 17.3 Å². The molecule has 98 valence electrons. The van der Waals surface area contributed by atoms with E-state index >= 15 is 0 Å². The Kier molecular flexibility index (Phi) is 3.43. The van der Waals surface area contributed by atoms with E-state index in [0.717, 1.165) is 17.3 Å². The van der Waals surface area contributed by atoms with E-state index in [-0.39, 0.29) is 0 Å². The first-order valence-corrected chi connectivity index (χ1v) is 7.06. The van der Waals surface area contributed by atoms with Crippen LogP contribution in [-0.2, 0) is 0 Å². The van der Waals surface area contributed by atoms with Crippen LogP contribution in [0.3, 0.4) is 0 Å². The standard InChI is InChI=1S/C16H17ClN2/c1-11-14(9-10-15(17)18-11)19-16(13-7-8-13)12-5-3-2-4-6-12/h2-6,9-10,13,16,19H,7-8H2,1H3. The van der Waals surface area contributed by atoms with Crippen LogP contribution in [0.2, 0.25) is 5.15 Å². The summed E-state index contributed by atoms with van der Waals surface area (Å²) < 4.78 is 0. The molecule has 19 heavy (non-hydrogen) atoms. The topological polar surface area (TPSA) is 24.9 Å². The van der Waals surface area contributed by atoms with Gasteiger partial charge in [0.25, 0.3) is 0 Å². The van der Waals surface area contributed by atoms with E-state index in [2.05, 4.69) is 40.6 Å². The Labute approximate surface area is 118 Å². The van der Waals surface area contributed by atoms with E-state index in [0.29, 0.717) is 11.2 Å². The van der Waals surface area contributed by atoms with E-state index in [1.165, 1.54) is 18.4 Å². The molecule has 1 saturated carbocycles. The molecule has 0 amide bonds. The van der Waals surface area contributed by atoms with Crippen molar-refractivity contribution < 1.29 is 0 Å². The molecule has 2 nitrogen and oxygen atoms in total. The van der Waals surface area contributed by atoms with Crippen molar-refractivity contribution in [2.75, 3.05) is 5.32 Å². The minimum atomic E-state index is 0.378. The van der Waals surface area contributed by atoms with Gasteiger partial charge in [0.05, 0.1) is 17.4 Å². The smallest absolute Gasteiger partial charge is 0.129 e. The van der Waals surface area contributed by atoms with Crippen LogP contribution in [0.4, 0.5) is 5.69 Å². The maximum Gasteiger partial charge on any atom is 0.129 e. The largest absolute Gasteiger partial charge is 0.376 e. The fourth-order valence-corrected chi connectivity index (χ4v) is 2.60. The summed E-state index contributed by atoms with van der Waals surface area (Å²) in [4.78, 5) is 4.30. The van der Waals surface area contributed by atoms with Crippen molar-refractivity contribution in [1.29, 1.82) is 0 Å². The summed E-state index contributed by atoms with van der Waals surface area (Å²) in [7, 11) is 0. The maximum atomic E-state index is 5.91. The van der Waals surface area contributed by atoms with Crippen LogP contribution in [-0.4, -0.2) is 4.98 Å². The molecular weight excluding hydrogens is 256 g/mol. The van der Waals surface area contributed by atoms with Gasteiger partial charge in [0, 0.05) is 0 Å². The van der Waals surface area contributed by atoms with Crippen LogP contribution < -0.4 is 5.32 Å². The first-order valence-electron chi connectivity index (χ1n) is 6.68. The summed E-state index contributed by atoms with van der Waals surface area (Å²) in [5.74, 6) is 0.734. The van der Waals surface area contributed by atoms with Gasteiger partial charge in [0.15, 0.2) is 0 Å². The zero-order valence-electron chi connectivity index (χ0n) is 10.9. The molecule has 1 N–H and O–H groups in total. The minimum absolute atomic E-state index is 0.378. The summed E-state index contributed by atoms with van der Waals surface area (Å²) >= 11 is 5.91. The Balaban J connectivity index is 1.86. The number of hydrogen-bond acceptors (Lipinski definition) is 2. The highest BCUT2D eigenvalue weighted by Crippen LogP contribution is 2.43. The second-order valence-corrected chi connectivity index (χ2v) is 5.52. The molecule has 0 radical (unpaired) electrons. The molecule has 3 heteroatoms. The van der Waals surface area contributed by atoms with Crippen molar-refractivity contribution in [3.63, 3.8) is 0 Å². The molecule has 0 saturated heterocycles. The van der Waals surface area contributed by atoms with Gasteiger partial charge in [-0.1, -0.05) is 41.9 Å². The summed E-state index contributed by atoms with van der Waals surface area (Å²) in [6.45, 7) is 1.99. The highest BCUT2D eigenvalue weighted by molar-refractivity contribution is 6.29. The van der Waals surface area contributed by atoms with Crippen LogP contribution in [0.1, 0.15) is 30.1 Å². The molecule has 1 atom stereocenters. The number of aryl methyl sites for hydroxylation is 1. The Morgan fingerprint density at radius 3 is 2.53 bits per heavy atom. The second kappa shape index (κ2) is 5.22. The lowest BCUT2D eigenvalue weighted by Crippen LogP contribution is -2.14. The molecule has 1 aliphatic rings. The predicted octanol–water partition coefficient (Wildman–Crippen LogP) is 4.61. The van der Waals surface area contributed by atoms with Gasteiger partial charge in [-0.15, -0.1) is 0 Å². The van der Waals surface area contributed by atoms with Crippen molar-refractivity contribution in [2.24, 2.45) is 5.92 Å². The van der Waals surface area contributed by atoms with E-state index in [1.807, 2.05) is 19.1 Å². The number of hydrogen-bond donors (Lipinski definition) is 1. The summed E-state index contributed by atoms with van der Waals surface area (Å²) in [6, 6.07) is 14.9. The van der Waals surface area contributed by atoms with Crippen molar-refractivity contribution in [1.82, 2.24) is 4.98 Å². The van der Waals surface area contributed by atoms with E-state index in [4.69, 9.17) is 11.6 Å². The zero-order chi connectivity index (χ0) is 13.2. The molecule has 1 aromatic heterocycles. The van der Waals surface area contributed by atoms with Gasteiger partial charge in [-0.3, -0.25) is 0 Å². The van der Waals surface area contributed by atoms with E-state index < -0.39 is 0 Å². The lowest BCUT2D eigenvalue weighted by atomic mass is 10.0. The quantitative estimate of drug-likeness (QED) is 0.823. The Bertz CT molecular complexity index is 564. The Morgan fingerprint density at radius 1 is 1.16 bits per heavy atom. The van der Waals surface area contributed by atoms with Gasteiger partial charge in [-0.2, -0.15) is 0 Å². The molecule has 1 aromatic carbocycles. The first-order chi connectivity index (χ1) is 9.24. The normalized spacial score (nSPS) is 16.1. The molecule has 0 spiro atoms. The number of aromatic nitrogens is 1. The van der Waals surface area contributed by atoms with Crippen molar-refractivity contribution in [3.05, 3.63) is 58.9 Å². The van der Waals surface area contributed by atoms with Crippen molar-refractivity contribution in [3.8, 4) is 0 Å². The van der Waals surface area contributed by atoms with Gasteiger partial charge in [0.2, 0.25) is 0 Å². The molecule has 3 rings (SSSR count). The van der Waals surface area contributed by atoms with Crippen LogP contribution >= 0.6 is 11.6 Å². The SMILES string of the molecule is Cc1nc(Cl)ccc1NC(c1ccccc1)C1CC1.